The van der Waals surface area contributed by atoms with Gasteiger partial charge in [0.2, 0.25) is 5.91 Å². The molecule has 0 spiro atoms. The maximum atomic E-state index is 12.9. The second-order valence-electron chi connectivity index (χ2n) is 6.78. The average Bonchev–Trinajstić information content (AvgIpc) is 2.92. The van der Waals surface area contributed by atoms with Crippen molar-refractivity contribution in [3.05, 3.63) is 48.0 Å². The van der Waals surface area contributed by atoms with Crippen LogP contribution in [0.25, 0.3) is 0 Å². The van der Waals surface area contributed by atoms with Crippen LogP contribution in [-0.4, -0.2) is 71.2 Å². The zero-order valence-corrected chi connectivity index (χ0v) is 15.9. The van der Waals surface area contributed by atoms with Crippen LogP contribution >= 0.6 is 0 Å². The molecule has 1 unspecified atom stereocenters. The first-order chi connectivity index (χ1) is 13.5. The summed E-state index contributed by atoms with van der Waals surface area (Å²) in [7, 11) is 0. The number of amides is 5. The fourth-order valence-corrected chi connectivity index (χ4v) is 3.48. The third-order valence-corrected chi connectivity index (χ3v) is 5.08. The predicted octanol–water partition coefficient (Wildman–Crippen LogP) is 0.699. The van der Waals surface area contributed by atoms with Crippen molar-refractivity contribution in [1.82, 2.24) is 20.0 Å². The van der Waals surface area contributed by atoms with Crippen LogP contribution in [0.5, 0.6) is 0 Å². The Bertz CT molecular complexity index is 805. The Hall–Kier alpha value is -3.00. The highest BCUT2D eigenvalue weighted by Crippen LogP contribution is 2.24. The Morgan fingerprint density at radius 3 is 2.50 bits per heavy atom. The molecule has 2 aliphatic heterocycles. The number of carbonyl (C=O) groups is 4. The summed E-state index contributed by atoms with van der Waals surface area (Å²) in [5.74, 6) is -2.26. The maximum absolute atomic E-state index is 12.9. The first-order valence-corrected chi connectivity index (χ1v) is 9.35. The SMILES string of the molecule is C=CCN1C(=O)C(=O)N(CC(=O)N2CCNCC2c2ccc(CC)cc2)C1=O. The largest absolute Gasteiger partial charge is 0.335 e. The van der Waals surface area contributed by atoms with E-state index in [1.54, 1.807) is 4.90 Å². The van der Waals surface area contributed by atoms with Crippen LogP contribution in [0.3, 0.4) is 0 Å². The van der Waals surface area contributed by atoms with Gasteiger partial charge in [-0.25, -0.2) is 9.69 Å². The lowest BCUT2D eigenvalue weighted by atomic mass is 10.0. The minimum Gasteiger partial charge on any atom is -0.332 e. The summed E-state index contributed by atoms with van der Waals surface area (Å²) in [6, 6.07) is 7.09. The molecular formula is C20H24N4O4. The van der Waals surface area contributed by atoms with Crippen molar-refractivity contribution >= 4 is 23.8 Å². The lowest BCUT2D eigenvalue weighted by Crippen LogP contribution is -2.52. The minimum atomic E-state index is -0.973. The number of aryl methyl sites for hydroxylation is 1. The summed E-state index contributed by atoms with van der Waals surface area (Å²) in [4.78, 5) is 52.5. The zero-order chi connectivity index (χ0) is 20.3. The van der Waals surface area contributed by atoms with Gasteiger partial charge in [0.05, 0.1) is 6.04 Å². The van der Waals surface area contributed by atoms with Gasteiger partial charge in [-0.2, -0.15) is 0 Å². The molecule has 0 radical (unpaired) electrons. The van der Waals surface area contributed by atoms with E-state index < -0.39 is 24.4 Å². The molecule has 2 fully saturated rings. The molecule has 2 heterocycles. The number of urea groups is 1. The molecule has 0 bridgehead atoms. The summed E-state index contributed by atoms with van der Waals surface area (Å²) in [6.07, 6.45) is 2.29. The smallest absolute Gasteiger partial charge is 0.332 e. The third kappa shape index (κ3) is 3.68. The number of nitrogens with zero attached hydrogens (tertiary/aromatic N) is 3. The molecule has 1 atom stereocenters. The van der Waals surface area contributed by atoms with Gasteiger partial charge in [0.1, 0.15) is 6.54 Å². The van der Waals surface area contributed by atoms with E-state index >= 15 is 0 Å². The van der Waals surface area contributed by atoms with E-state index in [0.29, 0.717) is 24.5 Å². The monoisotopic (exact) mass is 384 g/mol. The van der Waals surface area contributed by atoms with Crippen LogP contribution in [0.4, 0.5) is 4.79 Å². The minimum absolute atomic E-state index is 0.0614. The fraction of sp³-hybridized carbons (Fsp3) is 0.400. The van der Waals surface area contributed by atoms with Gasteiger partial charge in [0.25, 0.3) is 0 Å². The van der Waals surface area contributed by atoms with E-state index in [1.807, 2.05) is 24.3 Å². The highest BCUT2D eigenvalue weighted by molar-refractivity contribution is 6.45. The van der Waals surface area contributed by atoms with Crippen molar-refractivity contribution in [2.45, 2.75) is 19.4 Å². The van der Waals surface area contributed by atoms with E-state index in [1.165, 1.54) is 11.6 Å². The van der Waals surface area contributed by atoms with Crippen LogP contribution in [-0.2, 0) is 20.8 Å². The first kappa shape index (κ1) is 19.8. The molecule has 0 aliphatic carbocycles. The van der Waals surface area contributed by atoms with Crippen molar-refractivity contribution in [2.24, 2.45) is 0 Å². The maximum Gasteiger partial charge on any atom is 0.335 e. The summed E-state index contributed by atoms with van der Waals surface area (Å²) in [5, 5.41) is 3.27. The number of piperazine rings is 1. The summed E-state index contributed by atoms with van der Waals surface area (Å²) in [5.41, 5.74) is 2.20. The fourth-order valence-electron chi connectivity index (χ4n) is 3.48. The number of benzene rings is 1. The molecular weight excluding hydrogens is 360 g/mol. The number of carbonyl (C=O) groups excluding carboxylic acids is 4. The van der Waals surface area contributed by atoms with Gasteiger partial charge in [-0.3, -0.25) is 19.3 Å². The Morgan fingerprint density at radius 1 is 1.18 bits per heavy atom. The molecule has 5 amide bonds. The third-order valence-electron chi connectivity index (χ3n) is 5.08. The van der Waals surface area contributed by atoms with Crippen molar-refractivity contribution in [3.63, 3.8) is 0 Å². The molecule has 2 aliphatic rings. The van der Waals surface area contributed by atoms with Gasteiger partial charge in [0.15, 0.2) is 0 Å². The molecule has 0 saturated carbocycles. The number of nitrogens with one attached hydrogen (secondary N) is 1. The van der Waals surface area contributed by atoms with Crippen LogP contribution in [0, 0.1) is 0 Å². The van der Waals surface area contributed by atoms with Crippen LogP contribution in [0.2, 0.25) is 0 Å². The van der Waals surface area contributed by atoms with Crippen molar-refractivity contribution in [1.29, 1.82) is 0 Å². The van der Waals surface area contributed by atoms with Gasteiger partial charge in [0, 0.05) is 26.2 Å². The Kier molecular flexibility index (Phi) is 5.89. The second-order valence-corrected chi connectivity index (χ2v) is 6.78. The molecule has 148 valence electrons. The molecule has 1 aromatic carbocycles. The highest BCUT2D eigenvalue weighted by Gasteiger charge is 2.45. The molecule has 8 nitrogen and oxygen atoms in total. The van der Waals surface area contributed by atoms with E-state index in [0.717, 1.165) is 16.9 Å². The Labute approximate surface area is 163 Å². The molecule has 1 aromatic rings. The van der Waals surface area contributed by atoms with Crippen LogP contribution in [0.15, 0.2) is 36.9 Å². The standard InChI is InChI=1S/C20H24N4O4/c1-3-10-23-18(26)19(27)24(20(23)28)13-17(25)22-11-9-21-12-16(22)15-7-5-14(4-2)6-8-15/h3,5-8,16,21H,1,4,9-13H2,2H3. The molecule has 8 heteroatoms. The van der Waals surface area contributed by atoms with Crippen molar-refractivity contribution < 1.29 is 19.2 Å². The molecule has 1 N–H and O–H groups in total. The zero-order valence-electron chi connectivity index (χ0n) is 15.9. The van der Waals surface area contributed by atoms with Gasteiger partial charge in [-0.05, 0) is 17.5 Å². The number of rotatable bonds is 6. The second kappa shape index (κ2) is 8.35. The summed E-state index contributed by atoms with van der Waals surface area (Å²) >= 11 is 0. The number of imide groups is 2. The quantitative estimate of drug-likeness (QED) is 0.443. The Balaban J connectivity index is 1.76. The molecule has 3 rings (SSSR count). The van der Waals surface area contributed by atoms with E-state index in [2.05, 4.69) is 18.8 Å². The van der Waals surface area contributed by atoms with Crippen LogP contribution in [0.1, 0.15) is 24.1 Å². The topological polar surface area (TPSA) is 90.0 Å². The molecule has 2 saturated heterocycles. The first-order valence-electron chi connectivity index (χ1n) is 9.35. The van der Waals surface area contributed by atoms with Crippen molar-refractivity contribution in [3.8, 4) is 0 Å². The normalized spacial score (nSPS) is 20.1. The van der Waals surface area contributed by atoms with Crippen molar-refractivity contribution in [2.75, 3.05) is 32.7 Å². The number of hydrogen-bond acceptors (Lipinski definition) is 5. The summed E-state index contributed by atoms with van der Waals surface area (Å²) in [6.45, 7) is 6.71. The van der Waals surface area contributed by atoms with Gasteiger partial charge >= 0.3 is 17.8 Å². The predicted molar refractivity (Wildman–Crippen MR) is 102 cm³/mol. The Morgan fingerprint density at radius 2 is 1.86 bits per heavy atom. The van der Waals surface area contributed by atoms with Gasteiger partial charge < -0.3 is 10.2 Å². The highest BCUT2D eigenvalue weighted by atomic mass is 16.2. The van der Waals surface area contributed by atoms with E-state index in [9.17, 15) is 19.2 Å². The van der Waals surface area contributed by atoms with Gasteiger partial charge in [-0.15, -0.1) is 6.58 Å². The lowest BCUT2D eigenvalue weighted by molar-refractivity contribution is -0.145. The summed E-state index contributed by atoms with van der Waals surface area (Å²) < 4.78 is 0. The molecule has 0 aromatic heterocycles. The van der Waals surface area contributed by atoms with Crippen LogP contribution < -0.4 is 5.32 Å². The molecule has 28 heavy (non-hydrogen) atoms. The lowest BCUT2D eigenvalue weighted by Gasteiger charge is -2.37. The average molecular weight is 384 g/mol. The van der Waals surface area contributed by atoms with Gasteiger partial charge in [-0.1, -0.05) is 37.3 Å². The number of hydrogen-bond donors (Lipinski definition) is 1. The van der Waals surface area contributed by atoms with E-state index in [-0.39, 0.29) is 18.5 Å². The van der Waals surface area contributed by atoms with E-state index in [4.69, 9.17) is 0 Å².